The van der Waals surface area contributed by atoms with E-state index in [1.165, 1.54) is 12.1 Å². The van der Waals surface area contributed by atoms with Gasteiger partial charge in [-0.3, -0.25) is 9.69 Å². The number of carbonyl (C=O) groups excluding carboxylic acids is 1. The van der Waals surface area contributed by atoms with Gasteiger partial charge in [0.25, 0.3) is 0 Å². The molecule has 116 valence electrons. The van der Waals surface area contributed by atoms with Crippen molar-refractivity contribution in [3.05, 3.63) is 35.6 Å². The Morgan fingerprint density at radius 2 is 2.10 bits per heavy atom. The quantitative estimate of drug-likeness (QED) is 0.839. The van der Waals surface area contributed by atoms with E-state index in [0.717, 1.165) is 44.3 Å². The van der Waals surface area contributed by atoms with E-state index in [-0.39, 0.29) is 30.9 Å². The van der Waals surface area contributed by atoms with Crippen LogP contribution in [0.4, 0.5) is 4.39 Å². The van der Waals surface area contributed by atoms with Crippen LogP contribution in [-0.4, -0.2) is 41.8 Å². The second-order valence-corrected chi connectivity index (χ2v) is 5.47. The first-order chi connectivity index (χ1) is 10.2. The molecule has 1 saturated heterocycles. The standard InChI is InChI=1S/C16H23FN2O2/c17-14-6-4-13(5-7-14)8-11-19-10-2-1-3-15(19)18-16(21)9-12-20/h4-7,15,20H,1-3,8-12H2,(H,18,21). The number of likely N-dealkylation sites (tertiary alicyclic amines) is 1. The highest BCUT2D eigenvalue weighted by atomic mass is 19.1. The number of hydrogen-bond donors (Lipinski definition) is 2. The molecule has 1 heterocycles. The lowest BCUT2D eigenvalue weighted by atomic mass is 10.1. The lowest BCUT2D eigenvalue weighted by molar-refractivity contribution is -0.124. The van der Waals surface area contributed by atoms with Gasteiger partial charge in [0.05, 0.1) is 12.8 Å². The van der Waals surface area contributed by atoms with Crippen LogP contribution in [0.2, 0.25) is 0 Å². The van der Waals surface area contributed by atoms with Crippen LogP contribution < -0.4 is 5.32 Å². The minimum atomic E-state index is -0.217. The van der Waals surface area contributed by atoms with Crippen LogP contribution >= 0.6 is 0 Å². The molecule has 0 aliphatic carbocycles. The van der Waals surface area contributed by atoms with Gasteiger partial charge in [-0.25, -0.2) is 4.39 Å². The van der Waals surface area contributed by atoms with Crippen molar-refractivity contribution >= 4 is 5.91 Å². The smallest absolute Gasteiger partial charge is 0.223 e. The first kappa shape index (κ1) is 15.9. The average Bonchev–Trinajstić information content (AvgIpc) is 2.48. The van der Waals surface area contributed by atoms with Crippen LogP contribution in [0.3, 0.4) is 0 Å². The van der Waals surface area contributed by atoms with Gasteiger partial charge in [0, 0.05) is 19.5 Å². The Morgan fingerprint density at radius 3 is 2.81 bits per heavy atom. The molecule has 4 nitrogen and oxygen atoms in total. The second-order valence-electron chi connectivity index (χ2n) is 5.47. The molecule has 2 N–H and O–H groups in total. The number of benzene rings is 1. The maximum Gasteiger partial charge on any atom is 0.223 e. The first-order valence-electron chi connectivity index (χ1n) is 7.58. The summed E-state index contributed by atoms with van der Waals surface area (Å²) in [5.41, 5.74) is 1.10. The molecule has 0 bridgehead atoms. The minimum absolute atomic E-state index is 0.0539. The normalized spacial score (nSPS) is 19.4. The van der Waals surface area contributed by atoms with Gasteiger partial charge in [0.2, 0.25) is 5.91 Å². The van der Waals surface area contributed by atoms with Crippen LogP contribution in [0.25, 0.3) is 0 Å². The Balaban J connectivity index is 1.86. The topological polar surface area (TPSA) is 52.6 Å². The van der Waals surface area contributed by atoms with Gasteiger partial charge in [0.15, 0.2) is 0 Å². The summed E-state index contributed by atoms with van der Waals surface area (Å²) in [5.74, 6) is -0.318. The summed E-state index contributed by atoms with van der Waals surface area (Å²) in [7, 11) is 0. The Morgan fingerprint density at radius 1 is 1.33 bits per heavy atom. The number of rotatable bonds is 6. The molecule has 21 heavy (non-hydrogen) atoms. The molecule has 1 atom stereocenters. The molecular weight excluding hydrogens is 271 g/mol. The maximum absolute atomic E-state index is 12.9. The van der Waals surface area contributed by atoms with Gasteiger partial charge in [-0.2, -0.15) is 0 Å². The Labute approximate surface area is 125 Å². The predicted octanol–water partition coefficient (Wildman–Crippen LogP) is 1.68. The summed E-state index contributed by atoms with van der Waals surface area (Å²) in [6.45, 7) is 1.69. The Kier molecular flexibility index (Phi) is 6.14. The monoisotopic (exact) mass is 294 g/mol. The van der Waals surface area contributed by atoms with E-state index in [2.05, 4.69) is 10.2 Å². The van der Waals surface area contributed by atoms with Crippen molar-refractivity contribution in [3.63, 3.8) is 0 Å². The summed E-state index contributed by atoms with van der Waals surface area (Å²) in [5, 5.41) is 11.8. The minimum Gasteiger partial charge on any atom is -0.396 e. The molecule has 1 amide bonds. The lowest BCUT2D eigenvalue weighted by Crippen LogP contribution is -2.51. The maximum atomic E-state index is 12.9. The van der Waals surface area contributed by atoms with Crippen molar-refractivity contribution in [2.75, 3.05) is 19.7 Å². The fourth-order valence-corrected chi connectivity index (χ4v) is 2.71. The molecule has 5 heteroatoms. The van der Waals surface area contributed by atoms with Crippen LogP contribution in [0.1, 0.15) is 31.2 Å². The molecule has 2 rings (SSSR count). The number of piperidine rings is 1. The molecule has 0 spiro atoms. The van der Waals surface area contributed by atoms with E-state index in [1.807, 2.05) is 0 Å². The van der Waals surface area contributed by atoms with Gasteiger partial charge in [-0.1, -0.05) is 12.1 Å². The number of halogens is 1. The Hall–Kier alpha value is -1.46. The van der Waals surface area contributed by atoms with E-state index >= 15 is 0 Å². The van der Waals surface area contributed by atoms with Crippen LogP contribution in [0, 0.1) is 5.82 Å². The number of amides is 1. The van der Waals surface area contributed by atoms with Crippen LogP contribution in [-0.2, 0) is 11.2 Å². The third-order valence-electron chi connectivity index (χ3n) is 3.88. The SMILES string of the molecule is O=C(CCO)NC1CCCCN1CCc1ccc(F)cc1. The van der Waals surface area contributed by atoms with Crippen molar-refractivity contribution in [3.8, 4) is 0 Å². The van der Waals surface area contributed by atoms with Crippen molar-refractivity contribution in [2.24, 2.45) is 0 Å². The highest BCUT2D eigenvalue weighted by Gasteiger charge is 2.23. The molecule has 1 unspecified atom stereocenters. The molecule has 0 aromatic heterocycles. The molecule has 0 saturated carbocycles. The molecule has 1 aliphatic heterocycles. The van der Waals surface area contributed by atoms with E-state index in [0.29, 0.717) is 0 Å². The number of aliphatic hydroxyl groups excluding tert-OH is 1. The van der Waals surface area contributed by atoms with Crippen molar-refractivity contribution in [2.45, 2.75) is 38.3 Å². The number of aliphatic hydroxyl groups is 1. The summed E-state index contributed by atoms with van der Waals surface area (Å²) >= 11 is 0. The molecule has 1 aromatic carbocycles. The van der Waals surface area contributed by atoms with E-state index < -0.39 is 0 Å². The van der Waals surface area contributed by atoms with Crippen molar-refractivity contribution in [1.82, 2.24) is 10.2 Å². The number of carbonyl (C=O) groups is 1. The summed E-state index contributed by atoms with van der Waals surface area (Å²) in [6.07, 6.45) is 4.24. The fraction of sp³-hybridized carbons (Fsp3) is 0.562. The third-order valence-corrected chi connectivity index (χ3v) is 3.88. The fourth-order valence-electron chi connectivity index (χ4n) is 2.71. The molecule has 1 aliphatic rings. The predicted molar refractivity (Wildman–Crippen MR) is 79.2 cm³/mol. The lowest BCUT2D eigenvalue weighted by Gasteiger charge is -2.36. The molecule has 1 aromatic rings. The van der Waals surface area contributed by atoms with Gasteiger partial charge in [-0.15, -0.1) is 0 Å². The van der Waals surface area contributed by atoms with Gasteiger partial charge in [-0.05, 0) is 43.4 Å². The van der Waals surface area contributed by atoms with Crippen LogP contribution in [0.15, 0.2) is 24.3 Å². The van der Waals surface area contributed by atoms with Crippen molar-refractivity contribution in [1.29, 1.82) is 0 Å². The second kappa shape index (κ2) is 8.10. The summed E-state index contributed by atoms with van der Waals surface area (Å²) in [6, 6.07) is 6.56. The molecule has 1 fully saturated rings. The largest absolute Gasteiger partial charge is 0.396 e. The number of nitrogens with zero attached hydrogens (tertiary/aromatic N) is 1. The number of nitrogens with one attached hydrogen (secondary N) is 1. The van der Waals surface area contributed by atoms with E-state index in [1.54, 1.807) is 12.1 Å². The van der Waals surface area contributed by atoms with Crippen LogP contribution in [0.5, 0.6) is 0 Å². The first-order valence-corrected chi connectivity index (χ1v) is 7.58. The highest BCUT2D eigenvalue weighted by molar-refractivity contribution is 5.76. The van der Waals surface area contributed by atoms with Gasteiger partial charge >= 0.3 is 0 Å². The molecular formula is C16H23FN2O2. The zero-order chi connectivity index (χ0) is 15.1. The van der Waals surface area contributed by atoms with E-state index in [4.69, 9.17) is 5.11 Å². The summed E-state index contributed by atoms with van der Waals surface area (Å²) in [4.78, 5) is 13.9. The Bertz CT molecular complexity index is 450. The zero-order valence-corrected chi connectivity index (χ0v) is 12.2. The van der Waals surface area contributed by atoms with Crippen molar-refractivity contribution < 1.29 is 14.3 Å². The average molecular weight is 294 g/mol. The van der Waals surface area contributed by atoms with Gasteiger partial charge in [0.1, 0.15) is 5.82 Å². The van der Waals surface area contributed by atoms with E-state index in [9.17, 15) is 9.18 Å². The highest BCUT2D eigenvalue weighted by Crippen LogP contribution is 2.16. The third kappa shape index (κ3) is 5.10. The summed E-state index contributed by atoms with van der Waals surface area (Å²) < 4.78 is 12.9. The molecule has 0 radical (unpaired) electrons. The van der Waals surface area contributed by atoms with Gasteiger partial charge < -0.3 is 10.4 Å². The zero-order valence-electron chi connectivity index (χ0n) is 12.2. The number of hydrogen-bond acceptors (Lipinski definition) is 3.